The fraction of sp³-hybridized carbons (Fsp3) is 0.432. The molecule has 2 fully saturated rings. The summed E-state index contributed by atoms with van der Waals surface area (Å²) in [4.78, 5) is 46.4. The number of aliphatic hydroxyl groups is 1. The maximum atomic E-state index is 16.3. The van der Waals surface area contributed by atoms with Gasteiger partial charge in [-0.1, -0.05) is 48.9 Å². The minimum absolute atomic E-state index is 0.0369. The van der Waals surface area contributed by atoms with Gasteiger partial charge in [-0.05, 0) is 79.9 Å². The van der Waals surface area contributed by atoms with Crippen LogP contribution in [-0.2, 0) is 37.7 Å². The number of hydrogen-bond acceptors (Lipinski definition) is 5. The Morgan fingerprint density at radius 3 is 2.54 bits per heavy atom. The molecular formula is C37H41ClFN3O5Si. The van der Waals surface area contributed by atoms with Crippen molar-refractivity contribution in [1.29, 1.82) is 0 Å². The molecule has 1 spiro atoms. The first-order chi connectivity index (χ1) is 22.9. The molecule has 0 aromatic heterocycles. The lowest BCUT2D eigenvalue weighted by atomic mass is 9.82. The summed E-state index contributed by atoms with van der Waals surface area (Å²) < 4.78 is 23.0. The van der Waals surface area contributed by atoms with Gasteiger partial charge in [-0.25, -0.2) is 0 Å². The zero-order valence-electron chi connectivity index (χ0n) is 27.5. The molecule has 3 aromatic carbocycles. The van der Waals surface area contributed by atoms with E-state index in [-0.39, 0.29) is 43.3 Å². The average molecular weight is 690 g/mol. The maximum Gasteiger partial charge on any atom is 0.264 e. The number of benzene rings is 3. The van der Waals surface area contributed by atoms with Gasteiger partial charge in [0.1, 0.15) is 0 Å². The van der Waals surface area contributed by atoms with Crippen LogP contribution in [0.3, 0.4) is 0 Å². The van der Waals surface area contributed by atoms with Gasteiger partial charge in [-0.15, -0.1) is 0 Å². The normalized spacial score (nSPS) is 26.8. The molecule has 0 saturated carbocycles. The average Bonchev–Trinajstić information content (AvgIpc) is 3.72. The summed E-state index contributed by atoms with van der Waals surface area (Å²) >= 11 is 6.53. The van der Waals surface area contributed by atoms with Gasteiger partial charge in [-0.2, -0.15) is 0 Å². The molecule has 0 radical (unpaired) electrons. The third-order valence-corrected chi connectivity index (χ3v) is 13.5. The number of fused-ring (bicyclic) bond motifs is 3. The van der Waals surface area contributed by atoms with Crippen LogP contribution in [0.15, 0.2) is 66.7 Å². The van der Waals surface area contributed by atoms with E-state index in [1.807, 2.05) is 55.5 Å². The second kappa shape index (κ2) is 12.4. The highest BCUT2D eigenvalue weighted by Crippen LogP contribution is 2.60. The van der Waals surface area contributed by atoms with Crippen molar-refractivity contribution < 1.29 is 28.3 Å². The molecule has 0 bridgehead atoms. The van der Waals surface area contributed by atoms with Gasteiger partial charge in [0.25, 0.3) is 5.91 Å². The number of aryl methyl sites for hydroxylation is 1. The Morgan fingerprint density at radius 2 is 1.81 bits per heavy atom. The third-order valence-electron chi connectivity index (χ3n) is 10.8. The Balaban J connectivity index is 1.20. The lowest BCUT2D eigenvalue weighted by molar-refractivity contribution is -0.150. The maximum absolute atomic E-state index is 16.3. The van der Waals surface area contributed by atoms with Crippen LogP contribution in [-0.4, -0.2) is 61.4 Å². The molecule has 7 rings (SSSR count). The van der Waals surface area contributed by atoms with Gasteiger partial charge in [0, 0.05) is 40.7 Å². The summed E-state index contributed by atoms with van der Waals surface area (Å²) in [5.41, 5.74) is 2.72. The first-order valence-electron chi connectivity index (χ1n) is 16.8. The topological polar surface area (TPSA) is 90.4 Å². The molecule has 5 atom stereocenters. The van der Waals surface area contributed by atoms with Gasteiger partial charge >= 0.3 is 0 Å². The SMILES string of the molecule is C[C@H]1[C@H]([Si](C)(C)F)[C@@H](CC(=O)N2CCC[C@H]2CO)O[C@]12C(=O)N(Cc1ccc(N3C(=O)CCc4ccccc43)cc1)c1ccc(Cl)cc12. The van der Waals surface area contributed by atoms with Crippen molar-refractivity contribution in [3.63, 3.8) is 0 Å². The Kier molecular flexibility index (Phi) is 8.51. The fourth-order valence-electron chi connectivity index (χ4n) is 8.66. The number of rotatable bonds is 7. The van der Waals surface area contributed by atoms with Crippen molar-refractivity contribution >= 4 is 54.8 Å². The Hall–Kier alpha value is -3.57. The molecule has 4 heterocycles. The second-order valence-electron chi connectivity index (χ2n) is 14.1. The van der Waals surface area contributed by atoms with Crippen molar-refractivity contribution in [2.75, 3.05) is 23.0 Å². The molecule has 4 aliphatic heterocycles. The Bertz CT molecular complexity index is 1770. The van der Waals surface area contributed by atoms with E-state index in [1.165, 1.54) is 0 Å². The minimum Gasteiger partial charge on any atom is -0.394 e. The van der Waals surface area contributed by atoms with Crippen LogP contribution in [0.5, 0.6) is 0 Å². The molecule has 2 saturated heterocycles. The van der Waals surface area contributed by atoms with Crippen molar-refractivity contribution in [3.05, 3.63) is 88.4 Å². The number of halogens is 2. The first-order valence-corrected chi connectivity index (χ1v) is 20.2. The number of carbonyl (C=O) groups is 3. The number of ether oxygens (including phenoxy) is 1. The molecule has 48 heavy (non-hydrogen) atoms. The van der Waals surface area contributed by atoms with E-state index in [0.717, 1.165) is 35.3 Å². The van der Waals surface area contributed by atoms with Crippen LogP contribution in [0.25, 0.3) is 0 Å². The van der Waals surface area contributed by atoms with Crippen LogP contribution in [0, 0.1) is 5.92 Å². The molecular weight excluding hydrogens is 649 g/mol. The Morgan fingerprint density at radius 1 is 1.06 bits per heavy atom. The van der Waals surface area contributed by atoms with Crippen LogP contribution in [0.2, 0.25) is 23.7 Å². The zero-order valence-corrected chi connectivity index (χ0v) is 29.3. The highest BCUT2D eigenvalue weighted by molar-refractivity contribution is 6.72. The highest BCUT2D eigenvalue weighted by Gasteiger charge is 2.67. The van der Waals surface area contributed by atoms with Crippen molar-refractivity contribution in [1.82, 2.24) is 4.90 Å². The molecule has 8 nitrogen and oxygen atoms in total. The first kappa shape index (κ1) is 32.9. The number of hydrogen-bond donors (Lipinski definition) is 1. The summed E-state index contributed by atoms with van der Waals surface area (Å²) in [6.07, 6.45) is 1.81. The number of anilines is 3. The van der Waals surface area contributed by atoms with E-state index in [2.05, 4.69) is 0 Å². The molecule has 4 aliphatic rings. The number of nitrogens with zero attached hydrogens (tertiary/aromatic N) is 3. The monoisotopic (exact) mass is 689 g/mol. The lowest BCUT2D eigenvalue weighted by Crippen LogP contribution is -2.45. The van der Waals surface area contributed by atoms with E-state index >= 15 is 4.11 Å². The molecule has 0 aliphatic carbocycles. The van der Waals surface area contributed by atoms with Crippen LogP contribution in [0.1, 0.15) is 49.3 Å². The quantitative estimate of drug-likeness (QED) is 0.222. The zero-order chi connectivity index (χ0) is 34.0. The smallest absolute Gasteiger partial charge is 0.264 e. The van der Waals surface area contributed by atoms with Gasteiger partial charge < -0.3 is 23.8 Å². The fourth-order valence-corrected chi connectivity index (χ4v) is 11.3. The number of likely N-dealkylation sites (tertiary alicyclic amines) is 1. The standard InChI is InChI=1S/C37H41ClFN3O5Si/c1-23-35(48(2,3)39)32(20-34(45)40-18-6-8-28(40)22-43)47-37(23)29-19-26(38)13-16-31(29)41(36(37)46)21-24-10-14-27(15-11-24)42-30-9-5-4-7-25(30)12-17-33(42)44/h4-5,7,9-11,13-16,19,23,28,32,35,43H,6,8,12,17-18,20-22H2,1-3H3/t23-,28-,32+,35-,37+/m0/s1. The highest BCUT2D eigenvalue weighted by atomic mass is 35.5. The van der Waals surface area contributed by atoms with Gasteiger partial charge in [-0.3, -0.25) is 19.3 Å². The van der Waals surface area contributed by atoms with Gasteiger partial charge in [0.05, 0.1) is 43.1 Å². The van der Waals surface area contributed by atoms with E-state index in [0.29, 0.717) is 35.7 Å². The largest absolute Gasteiger partial charge is 0.394 e. The summed E-state index contributed by atoms with van der Waals surface area (Å²) in [5.74, 6) is -1.01. The predicted octanol–water partition coefficient (Wildman–Crippen LogP) is 6.65. The molecule has 0 unspecified atom stereocenters. The van der Waals surface area contributed by atoms with Crippen LogP contribution < -0.4 is 9.80 Å². The van der Waals surface area contributed by atoms with E-state index in [9.17, 15) is 19.5 Å². The van der Waals surface area contributed by atoms with E-state index < -0.39 is 31.6 Å². The summed E-state index contributed by atoms with van der Waals surface area (Å²) in [6.45, 7) is 5.75. The van der Waals surface area contributed by atoms with Gasteiger partial charge in [0.2, 0.25) is 20.2 Å². The van der Waals surface area contributed by atoms with E-state index in [1.54, 1.807) is 46.0 Å². The number of para-hydroxylation sites is 1. The summed E-state index contributed by atoms with van der Waals surface area (Å²) in [6, 6.07) is 20.6. The molecule has 3 aromatic rings. The molecule has 1 N–H and O–H groups in total. The molecule has 252 valence electrons. The second-order valence-corrected chi connectivity index (χ2v) is 18.3. The van der Waals surface area contributed by atoms with Crippen LogP contribution in [0.4, 0.5) is 21.2 Å². The third kappa shape index (κ3) is 5.37. The van der Waals surface area contributed by atoms with Gasteiger partial charge in [0.15, 0.2) is 5.60 Å². The number of aliphatic hydroxyl groups excluding tert-OH is 1. The van der Waals surface area contributed by atoms with E-state index in [4.69, 9.17) is 16.3 Å². The minimum atomic E-state index is -3.47. The van der Waals surface area contributed by atoms with Crippen LogP contribution >= 0.6 is 11.6 Å². The van der Waals surface area contributed by atoms with Crippen molar-refractivity contribution in [3.8, 4) is 0 Å². The predicted molar refractivity (Wildman–Crippen MR) is 185 cm³/mol. The van der Waals surface area contributed by atoms with Crippen molar-refractivity contribution in [2.45, 2.75) is 82.0 Å². The molecule has 11 heteroatoms. The molecule has 3 amide bonds. The lowest BCUT2D eigenvalue weighted by Gasteiger charge is -2.31. The summed E-state index contributed by atoms with van der Waals surface area (Å²) in [5, 5.41) is 10.3. The summed E-state index contributed by atoms with van der Waals surface area (Å²) in [7, 11) is -3.47. The number of carbonyl (C=O) groups excluding carboxylic acids is 3. The Labute approximate surface area is 286 Å². The van der Waals surface area contributed by atoms with Crippen molar-refractivity contribution in [2.24, 2.45) is 5.92 Å². The number of amides is 3.